The minimum atomic E-state index is -1.03. The fraction of sp³-hybridized carbons (Fsp3) is 0.0455. The second kappa shape index (κ2) is 8.89. The highest BCUT2D eigenvalue weighted by Crippen LogP contribution is 2.33. The molecule has 0 aliphatic carbocycles. The van der Waals surface area contributed by atoms with Crippen LogP contribution in [0.3, 0.4) is 0 Å². The lowest BCUT2D eigenvalue weighted by molar-refractivity contribution is 0.0697. The first-order valence-electron chi connectivity index (χ1n) is 9.00. The molecule has 0 radical (unpaired) electrons. The Bertz CT molecular complexity index is 1170. The third-order valence-electron chi connectivity index (χ3n) is 4.26. The van der Waals surface area contributed by atoms with E-state index in [9.17, 15) is 15.0 Å². The number of carboxylic acid groups (broad SMARTS) is 1. The number of aromatic nitrogens is 3. The fourth-order valence-corrected chi connectivity index (χ4v) is 2.85. The number of nitrogens with two attached hydrogens (primary N) is 1. The second-order valence-corrected chi connectivity index (χ2v) is 6.06. The maximum atomic E-state index is 11.1. The van der Waals surface area contributed by atoms with Gasteiger partial charge in [-0.2, -0.15) is 0 Å². The van der Waals surface area contributed by atoms with E-state index in [0.29, 0.717) is 22.6 Å². The van der Waals surface area contributed by atoms with Crippen LogP contribution < -0.4 is 5.73 Å². The van der Waals surface area contributed by atoms with Crippen molar-refractivity contribution in [2.75, 3.05) is 7.05 Å². The van der Waals surface area contributed by atoms with Crippen LogP contribution in [0.15, 0.2) is 72.8 Å². The van der Waals surface area contributed by atoms with Gasteiger partial charge in [-0.25, -0.2) is 14.5 Å². The number of carbonyl (C=O) groups is 1. The Morgan fingerprint density at radius 3 is 1.90 bits per heavy atom. The number of aromatic carboxylic acids is 1. The largest absolute Gasteiger partial charge is 0.507 e. The molecule has 3 aromatic carbocycles. The smallest absolute Gasteiger partial charge is 0.335 e. The lowest BCUT2D eigenvalue weighted by Crippen LogP contribution is -2.02. The number of para-hydroxylation sites is 2. The summed E-state index contributed by atoms with van der Waals surface area (Å²) in [6.45, 7) is 0. The van der Waals surface area contributed by atoms with Crippen LogP contribution in [-0.2, 0) is 0 Å². The molecule has 1 aromatic heterocycles. The van der Waals surface area contributed by atoms with E-state index in [1.807, 2.05) is 0 Å². The molecule has 30 heavy (non-hydrogen) atoms. The molecule has 0 saturated carbocycles. The summed E-state index contributed by atoms with van der Waals surface area (Å²) in [6, 6.07) is 19.5. The van der Waals surface area contributed by atoms with E-state index in [0.717, 1.165) is 0 Å². The van der Waals surface area contributed by atoms with Crippen LogP contribution in [-0.4, -0.2) is 43.1 Å². The Balaban J connectivity index is 0.00000124. The summed E-state index contributed by atoms with van der Waals surface area (Å²) in [4.78, 5) is 15.6. The molecule has 4 aromatic rings. The normalized spacial score (nSPS) is 10.2. The fourth-order valence-electron chi connectivity index (χ4n) is 2.85. The van der Waals surface area contributed by atoms with Crippen LogP contribution in [0.1, 0.15) is 10.4 Å². The summed E-state index contributed by atoms with van der Waals surface area (Å²) in [5, 5.41) is 34.0. The van der Waals surface area contributed by atoms with Crippen molar-refractivity contribution in [3.8, 4) is 40.0 Å². The number of hydrogen-bond donors (Lipinski definition) is 4. The van der Waals surface area contributed by atoms with E-state index in [2.05, 4.69) is 15.8 Å². The van der Waals surface area contributed by atoms with Crippen LogP contribution in [0.4, 0.5) is 0 Å². The summed E-state index contributed by atoms with van der Waals surface area (Å²) >= 11 is 0. The van der Waals surface area contributed by atoms with E-state index in [1.54, 1.807) is 54.6 Å². The number of carboxylic acids is 1. The van der Waals surface area contributed by atoms with Gasteiger partial charge in [0.25, 0.3) is 0 Å². The average molecular weight is 404 g/mol. The van der Waals surface area contributed by atoms with Crippen molar-refractivity contribution in [3.63, 3.8) is 0 Å². The molecule has 0 atom stereocenters. The summed E-state index contributed by atoms with van der Waals surface area (Å²) in [7, 11) is 1.50. The number of rotatable bonds is 4. The molecule has 0 fully saturated rings. The van der Waals surface area contributed by atoms with Gasteiger partial charge in [-0.3, -0.25) is 0 Å². The van der Waals surface area contributed by atoms with E-state index in [-0.39, 0.29) is 22.9 Å². The summed E-state index contributed by atoms with van der Waals surface area (Å²) in [5.41, 5.74) is 6.12. The lowest BCUT2D eigenvalue weighted by Gasteiger charge is -2.07. The molecule has 0 amide bonds. The van der Waals surface area contributed by atoms with Crippen molar-refractivity contribution in [2.45, 2.75) is 0 Å². The van der Waals surface area contributed by atoms with Crippen molar-refractivity contribution in [2.24, 2.45) is 5.73 Å². The SMILES string of the molecule is CN.O=C(O)c1ccc(-n2nc(-c3ccccc3O)nc2-c2ccccc2O)cc1. The Morgan fingerprint density at radius 2 is 1.37 bits per heavy atom. The first-order valence-corrected chi connectivity index (χ1v) is 9.00. The second-order valence-electron chi connectivity index (χ2n) is 6.06. The summed E-state index contributed by atoms with van der Waals surface area (Å²) in [5.74, 6) is -0.328. The quantitative estimate of drug-likeness (QED) is 0.410. The molecule has 8 nitrogen and oxygen atoms in total. The molecule has 1 heterocycles. The van der Waals surface area contributed by atoms with Crippen LogP contribution in [0, 0.1) is 0 Å². The monoisotopic (exact) mass is 404 g/mol. The van der Waals surface area contributed by atoms with E-state index in [4.69, 9.17) is 5.11 Å². The van der Waals surface area contributed by atoms with Crippen LogP contribution in [0.2, 0.25) is 0 Å². The third-order valence-corrected chi connectivity index (χ3v) is 4.26. The highest BCUT2D eigenvalue weighted by atomic mass is 16.4. The van der Waals surface area contributed by atoms with Crippen molar-refractivity contribution >= 4 is 5.97 Å². The topological polar surface area (TPSA) is 134 Å². The predicted molar refractivity (Wildman–Crippen MR) is 113 cm³/mol. The molecular formula is C22H20N4O4. The number of aromatic hydroxyl groups is 2. The van der Waals surface area contributed by atoms with Crippen molar-refractivity contribution < 1.29 is 20.1 Å². The molecule has 5 N–H and O–H groups in total. The Labute approximate surface area is 172 Å². The number of phenolic OH excluding ortho intramolecular Hbond substituents is 2. The van der Waals surface area contributed by atoms with Gasteiger partial charge in [0.15, 0.2) is 11.6 Å². The minimum Gasteiger partial charge on any atom is -0.507 e. The maximum Gasteiger partial charge on any atom is 0.335 e. The molecule has 0 saturated heterocycles. The van der Waals surface area contributed by atoms with Crippen molar-refractivity contribution in [1.29, 1.82) is 0 Å². The van der Waals surface area contributed by atoms with E-state index in [1.165, 1.54) is 29.9 Å². The standard InChI is InChI=1S/C21H15N3O4.CH5N/c25-17-7-3-1-5-15(17)19-22-20(16-6-2-4-8-18(16)26)24(23-19)14-11-9-13(10-12-14)21(27)28;1-2/h1-12,25-26H,(H,27,28);2H2,1H3. The lowest BCUT2D eigenvalue weighted by atomic mass is 10.1. The molecule has 0 spiro atoms. The molecule has 0 aliphatic rings. The Hall–Kier alpha value is -4.17. The average Bonchev–Trinajstić information content (AvgIpc) is 3.21. The summed E-state index contributed by atoms with van der Waals surface area (Å²) < 4.78 is 1.50. The number of benzene rings is 3. The minimum absolute atomic E-state index is 0.0298. The van der Waals surface area contributed by atoms with E-state index >= 15 is 0 Å². The van der Waals surface area contributed by atoms with Gasteiger partial charge in [0.1, 0.15) is 11.5 Å². The van der Waals surface area contributed by atoms with Crippen LogP contribution >= 0.6 is 0 Å². The first kappa shape index (κ1) is 20.6. The highest BCUT2D eigenvalue weighted by Gasteiger charge is 2.19. The van der Waals surface area contributed by atoms with Crippen LogP contribution in [0.25, 0.3) is 28.5 Å². The van der Waals surface area contributed by atoms with Gasteiger partial charge in [-0.15, -0.1) is 5.10 Å². The molecule has 8 heteroatoms. The third kappa shape index (κ3) is 3.98. The Morgan fingerprint density at radius 1 is 0.833 bits per heavy atom. The molecular weight excluding hydrogens is 384 g/mol. The summed E-state index contributed by atoms with van der Waals surface area (Å²) in [6.07, 6.45) is 0. The van der Waals surface area contributed by atoms with Gasteiger partial charge < -0.3 is 21.1 Å². The highest BCUT2D eigenvalue weighted by molar-refractivity contribution is 5.87. The van der Waals surface area contributed by atoms with Crippen LogP contribution in [0.5, 0.6) is 11.5 Å². The molecule has 0 unspecified atom stereocenters. The maximum absolute atomic E-state index is 11.1. The molecule has 0 aliphatic heterocycles. The number of phenols is 2. The number of nitrogens with zero attached hydrogens (tertiary/aromatic N) is 3. The molecule has 4 rings (SSSR count). The van der Waals surface area contributed by atoms with E-state index < -0.39 is 5.97 Å². The van der Waals surface area contributed by atoms with Gasteiger partial charge in [0, 0.05) is 0 Å². The Kier molecular flexibility index (Phi) is 6.09. The molecule has 0 bridgehead atoms. The van der Waals surface area contributed by atoms with Gasteiger partial charge in [-0.05, 0) is 55.6 Å². The van der Waals surface area contributed by atoms with Gasteiger partial charge in [0.2, 0.25) is 0 Å². The van der Waals surface area contributed by atoms with Crippen molar-refractivity contribution in [3.05, 3.63) is 78.4 Å². The van der Waals surface area contributed by atoms with Crippen molar-refractivity contribution in [1.82, 2.24) is 14.8 Å². The zero-order valence-electron chi connectivity index (χ0n) is 16.1. The molecule has 152 valence electrons. The van der Waals surface area contributed by atoms with Gasteiger partial charge in [0.05, 0.1) is 22.4 Å². The van der Waals surface area contributed by atoms with Gasteiger partial charge >= 0.3 is 5.97 Å². The first-order chi connectivity index (χ1) is 14.5. The zero-order valence-corrected chi connectivity index (χ0v) is 16.1. The van der Waals surface area contributed by atoms with Gasteiger partial charge in [-0.1, -0.05) is 24.3 Å². The zero-order chi connectivity index (χ0) is 21.7. The predicted octanol–water partition coefficient (Wildman–Crippen LogP) is 3.29. The number of hydrogen-bond acceptors (Lipinski definition) is 6.